The molecule has 0 saturated heterocycles. The number of ether oxygens (including phenoxy) is 1. The van der Waals surface area contributed by atoms with Gasteiger partial charge in [0, 0.05) is 23.0 Å². The van der Waals surface area contributed by atoms with Crippen molar-refractivity contribution in [2.45, 2.75) is 62.2 Å². The second-order valence-electron chi connectivity index (χ2n) is 7.11. The third-order valence-electron chi connectivity index (χ3n) is 3.93. The Hall–Kier alpha value is -1.27. The van der Waals surface area contributed by atoms with Gasteiger partial charge in [-0.05, 0) is 51.0 Å². The number of fused-ring (bicyclic) bond motifs is 1. The Morgan fingerprint density at radius 3 is 2.87 bits per heavy atom. The molecule has 1 amide bonds. The van der Waals surface area contributed by atoms with E-state index in [-0.39, 0.29) is 30.0 Å². The summed E-state index contributed by atoms with van der Waals surface area (Å²) in [7, 11) is 0. The van der Waals surface area contributed by atoms with Gasteiger partial charge in [-0.1, -0.05) is 12.1 Å². The number of thioether (sulfide) groups is 1. The lowest BCUT2D eigenvalue weighted by molar-refractivity contribution is 0.0522. The Bertz CT molecular complexity index is 603. The number of nitrogens with one attached hydrogen (secondary N) is 2. The number of hydrogen-bond acceptors (Lipinski definition) is 4. The van der Waals surface area contributed by atoms with E-state index in [2.05, 4.69) is 10.6 Å². The molecule has 126 valence electrons. The Morgan fingerprint density at radius 1 is 1.35 bits per heavy atom. The van der Waals surface area contributed by atoms with Crippen molar-refractivity contribution in [2.75, 3.05) is 5.75 Å². The van der Waals surface area contributed by atoms with Crippen LogP contribution in [-0.2, 0) is 4.74 Å². The van der Waals surface area contributed by atoms with Gasteiger partial charge in [0.25, 0.3) is 0 Å². The SMILES string of the molecule is CC(C)(C)OC(=O)NC1CC1NC1CCSc2c(F)cccc21. The first-order valence-corrected chi connectivity index (χ1v) is 8.99. The molecule has 2 aliphatic rings. The number of carbonyl (C=O) groups is 1. The number of amides is 1. The van der Waals surface area contributed by atoms with E-state index >= 15 is 0 Å². The Kier molecular flexibility index (Phi) is 4.56. The van der Waals surface area contributed by atoms with Crippen molar-refractivity contribution in [1.29, 1.82) is 0 Å². The predicted octanol–water partition coefficient (Wildman–Crippen LogP) is 3.62. The van der Waals surface area contributed by atoms with Gasteiger partial charge < -0.3 is 15.4 Å². The molecule has 0 radical (unpaired) electrons. The van der Waals surface area contributed by atoms with Crippen molar-refractivity contribution < 1.29 is 13.9 Å². The molecule has 0 spiro atoms. The first-order valence-electron chi connectivity index (χ1n) is 8.00. The van der Waals surface area contributed by atoms with E-state index in [9.17, 15) is 9.18 Å². The van der Waals surface area contributed by atoms with Crippen LogP contribution < -0.4 is 10.6 Å². The summed E-state index contributed by atoms with van der Waals surface area (Å²) in [6.45, 7) is 5.54. The zero-order valence-electron chi connectivity index (χ0n) is 13.7. The number of hydrogen-bond donors (Lipinski definition) is 2. The van der Waals surface area contributed by atoms with Gasteiger partial charge in [-0.15, -0.1) is 11.8 Å². The molecule has 6 heteroatoms. The molecule has 3 atom stereocenters. The third-order valence-corrected chi connectivity index (χ3v) is 5.09. The number of halogens is 1. The van der Waals surface area contributed by atoms with Crippen LogP contribution in [0.1, 0.15) is 45.2 Å². The van der Waals surface area contributed by atoms with Crippen LogP contribution in [0.25, 0.3) is 0 Å². The van der Waals surface area contributed by atoms with E-state index in [0.717, 1.165) is 29.1 Å². The average Bonchev–Trinajstić information content (AvgIpc) is 3.15. The number of alkyl carbamates (subject to hydrolysis) is 1. The van der Waals surface area contributed by atoms with Crippen LogP contribution in [0.2, 0.25) is 0 Å². The van der Waals surface area contributed by atoms with E-state index in [4.69, 9.17) is 4.74 Å². The molecule has 3 unspecified atom stereocenters. The summed E-state index contributed by atoms with van der Waals surface area (Å²) in [5.41, 5.74) is 0.544. The molecule has 1 aromatic rings. The first-order chi connectivity index (χ1) is 10.8. The summed E-state index contributed by atoms with van der Waals surface area (Å²) < 4.78 is 19.1. The monoisotopic (exact) mass is 338 g/mol. The van der Waals surface area contributed by atoms with Gasteiger partial charge in [-0.2, -0.15) is 0 Å². The largest absolute Gasteiger partial charge is 0.444 e. The summed E-state index contributed by atoms with van der Waals surface area (Å²) in [4.78, 5) is 12.5. The maximum absolute atomic E-state index is 13.9. The highest BCUT2D eigenvalue weighted by Gasteiger charge is 2.41. The minimum atomic E-state index is -0.487. The molecule has 3 rings (SSSR count). The lowest BCUT2D eigenvalue weighted by Gasteiger charge is -2.26. The van der Waals surface area contributed by atoms with Gasteiger partial charge in [0.05, 0.1) is 0 Å². The van der Waals surface area contributed by atoms with Gasteiger partial charge >= 0.3 is 6.09 Å². The normalized spacial score (nSPS) is 26.3. The topological polar surface area (TPSA) is 50.4 Å². The van der Waals surface area contributed by atoms with Crippen LogP contribution in [-0.4, -0.2) is 29.5 Å². The lowest BCUT2D eigenvalue weighted by atomic mass is 10.0. The third kappa shape index (κ3) is 4.18. The molecule has 1 aliphatic carbocycles. The second-order valence-corrected chi connectivity index (χ2v) is 8.21. The summed E-state index contributed by atoms with van der Waals surface area (Å²) >= 11 is 1.58. The first kappa shape index (κ1) is 16.6. The zero-order valence-corrected chi connectivity index (χ0v) is 14.5. The molecule has 23 heavy (non-hydrogen) atoms. The fraction of sp³-hybridized carbons (Fsp3) is 0.588. The minimum absolute atomic E-state index is 0.0939. The number of rotatable bonds is 3. The van der Waals surface area contributed by atoms with E-state index in [1.165, 1.54) is 6.07 Å². The van der Waals surface area contributed by atoms with Crippen molar-refractivity contribution in [2.24, 2.45) is 0 Å². The standard InChI is InChI=1S/C17H23FN2O2S/c1-17(2,3)22-16(21)20-14-9-13(14)19-12-7-8-23-15-10(12)5-4-6-11(15)18/h4-6,12-14,19H,7-9H2,1-3H3,(H,20,21). The van der Waals surface area contributed by atoms with Crippen LogP contribution in [0.5, 0.6) is 0 Å². The van der Waals surface area contributed by atoms with Crippen LogP contribution >= 0.6 is 11.8 Å². The van der Waals surface area contributed by atoms with Crippen LogP contribution in [0.4, 0.5) is 9.18 Å². The maximum Gasteiger partial charge on any atom is 0.407 e. The van der Waals surface area contributed by atoms with Crippen molar-refractivity contribution in [3.8, 4) is 0 Å². The number of carbonyl (C=O) groups excluding carboxylic acids is 1. The van der Waals surface area contributed by atoms with Crippen molar-refractivity contribution in [1.82, 2.24) is 10.6 Å². The molecule has 1 heterocycles. The highest BCUT2D eigenvalue weighted by molar-refractivity contribution is 7.99. The molecule has 1 saturated carbocycles. The Balaban J connectivity index is 1.55. The van der Waals surface area contributed by atoms with E-state index in [0.29, 0.717) is 0 Å². The summed E-state index contributed by atoms with van der Waals surface area (Å²) in [6.07, 6.45) is 1.47. The number of benzene rings is 1. The molecule has 1 aliphatic heterocycles. The van der Waals surface area contributed by atoms with Crippen LogP contribution in [0.3, 0.4) is 0 Å². The minimum Gasteiger partial charge on any atom is -0.444 e. The molecular formula is C17H23FN2O2S. The summed E-state index contributed by atoms with van der Waals surface area (Å²) in [5, 5.41) is 6.43. The molecule has 2 N–H and O–H groups in total. The Morgan fingerprint density at radius 2 is 2.13 bits per heavy atom. The Labute approximate surface area is 140 Å². The van der Waals surface area contributed by atoms with Crippen LogP contribution in [0.15, 0.2) is 23.1 Å². The summed E-state index contributed by atoms with van der Waals surface area (Å²) in [5.74, 6) is 0.765. The van der Waals surface area contributed by atoms with Crippen LogP contribution in [0, 0.1) is 5.82 Å². The van der Waals surface area contributed by atoms with E-state index < -0.39 is 5.60 Å². The highest BCUT2D eigenvalue weighted by atomic mass is 32.2. The predicted molar refractivity (Wildman–Crippen MR) is 89.2 cm³/mol. The molecule has 4 nitrogen and oxygen atoms in total. The second kappa shape index (κ2) is 6.32. The van der Waals surface area contributed by atoms with Gasteiger partial charge in [-0.25, -0.2) is 9.18 Å². The van der Waals surface area contributed by atoms with E-state index in [1.807, 2.05) is 26.8 Å². The summed E-state index contributed by atoms with van der Waals surface area (Å²) in [6, 6.07) is 5.73. The molecular weight excluding hydrogens is 315 g/mol. The van der Waals surface area contributed by atoms with Gasteiger partial charge in [-0.3, -0.25) is 0 Å². The molecule has 1 fully saturated rings. The van der Waals surface area contributed by atoms with Crippen molar-refractivity contribution in [3.63, 3.8) is 0 Å². The maximum atomic E-state index is 13.9. The fourth-order valence-corrected chi connectivity index (χ4v) is 3.96. The quantitative estimate of drug-likeness (QED) is 0.884. The van der Waals surface area contributed by atoms with E-state index in [1.54, 1.807) is 17.8 Å². The molecule has 0 bridgehead atoms. The van der Waals surface area contributed by atoms with Crippen molar-refractivity contribution >= 4 is 17.9 Å². The van der Waals surface area contributed by atoms with Gasteiger partial charge in [0.15, 0.2) is 0 Å². The smallest absolute Gasteiger partial charge is 0.407 e. The zero-order chi connectivity index (χ0) is 16.6. The van der Waals surface area contributed by atoms with Gasteiger partial charge in [0.2, 0.25) is 0 Å². The van der Waals surface area contributed by atoms with Crippen molar-refractivity contribution in [3.05, 3.63) is 29.6 Å². The van der Waals surface area contributed by atoms with Gasteiger partial charge in [0.1, 0.15) is 11.4 Å². The average molecular weight is 338 g/mol. The lowest BCUT2D eigenvalue weighted by Crippen LogP contribution is -2.37. The fourth-order valence-electron chi connectivity index (χ4n) is 2.82. The molecule has 0 aromatic heterocycles. The molecule has 1 aromatic carbocycles. The highest BCUT2D eigenvalue weighted by Crippen LogP contribution is 2.39.